The average Bonchev–Trinajstić information content (AvgIpc) is 2.46. The van der Waals surface area contributed by atoms with E-state index < -0.39 is 0 Å². The summed E-state index contributed by atoms with van der Waals surface area (Å²) >= 11 is 0. The summed E-state index contributed by atoms with van der Waals surface area (Å²) in [7, 11) is 1.80. The lowest BCUT2D eigenvalue weighted by Crippen LogP contribution is -2.60. The molecule has 1 rings (SSSR count). The van der Waals surface area contributed by atoms with Crippen LogP contribution in [0.15, 0.2) is 0 Å². The predicted octanol–water partition coefficient (Wildman–Crippen LogP) is 3.05. The number of nitrogens with zero attached hydrogens (tertiary/aromatic N) is 1. The van der Waals surface area contributed by atoms with Crippen molar-refractivity contribution in [3.05, 3.63) is 0 Å². The Hall–Kier alpha value is -0.120. The lowest BCUT2D eigenvalue weighted by molar-refractivity contribution is 0.0377. The first kappa shape index (κ1) is 16.9. The molecule has 1 aliphatic rings. The van der Waals surface area contributed by atoms with Crippen LogP contribution in [0.1, 0.15) is 59.3 Å². The summed E-state index contributed by atoms with van der Waals surface area (Å²) in [4.78, 5) is 2.73. The molecule has 0 saturated carbocycles. The highest BCUT2D eigenvalue weighted by Gasteiger charge is 2.37. The summed E-state index contributed by atoms with van der Waals surface area (Å²) in [5.41, 5.74) is 0.296. The Morgan fingerprint density at radius 2 is 1.89 bits per heavy atom. The smallest absolute Gasteiger partial charge is 0.0462 e. The van der Waals surface area contributed by atoms with E-state index in [1.807, 2.05) is 0 Å². The standard InChI is InChI=1S/C16H34N2O/c1-5-16(3,18-12-8-7-9-13-18)15(17-6-2)11-10-14-19-4/h15,17H,5-14H2,1-4H3. The summed E-state index contributed by atoms with van der Waals surface area (Å²) in [5, 5.41) is 3.73. The number of piperidine rings is 1. The maximum Gasteiger partial charge on any atom is 0.0462 e. The van der Waals surface area contributed by atoms with Gasteiger partial charge in [-0.15, -0.1) is 0 Å². The minimum Gasteiger partial charge on any atom is -0.385 e. The molecule has 0 bridgehead atoms. The molecule has 0 spiro atoms. The first-order valence-electron chi connectivity index (χ1n) is 8.16. The number of methoxy groups -OCH3 is 1. The van der Waals surface area contributed by atoms with Crippen molar-refractivity contribution in [2.24, 2.45) is 0 Å². The number of rotatable bonds is 9. The summed E-state index contributed by atoms with van der Waals surface area (Å²) in [5.74, 6) is 0. The van der Waals surface area contributed by atoms with Crippen molar-refractivity contribution in [1.82, 2.24) is 10.2 Å². The molecule has 0 amide bonds. The highest BCUT2D eigenvalue weighted by Crippen LogP contribution is 2.29. The highest BCUT2D eigenvalue weighted by molar-refractivity contribution is 4.97. The van der Waals surface area contributed by atoms with E-state index in [1.165, 1.54) is 45.2 Å². The Kier molecular flexibility index (Phi) is 7.96. The first-order chi connectivity index (χ1) is 9.19. The second kappa shape index (κ2) is 8.93. The van der Waals surface area contributed by atoms with Gasteiger partial charge in [0.1, 0.15) is 0 Å². The summed E-state index contributed by atoms with van der Waals surface area (Å²) in [6.07, 6.45) is 7.72. The van der Waals surface area contributed by atoms with Gasteiger partial charge in [0.25, 0.3) is 0 Å². The Bertz CT molecular complexity index is 229. The summed E-state index contributed by atoms with van der Waals surface area (Å²) in [6, 6.07) is 0.579. The molecule has 0 aliphatic carbocycles. The third-order valence-electron chi connectivity index (χ3n) is 4.84. The second-order valence-electron chi connectivity index (χ2n) is 6.00. The molecule has 1 N–H and O–H groups in total. The third kappa shape index (κ3) is 4.73. The van der Waals surface area contributed by atoms with Gasteiger partial charge in [0.05, 0.1) is 0 Å². The van der Waals surface area contributed by atoms with Gasteiger partial charge in [-0.1, -0.05) is 20.3 Å². The molecule has 1 aliphatic heterocycles. The van der Waals surface area contributed by atoms with Gasteiger partial charge in [-0.3, -0.25) is 4.90 Å². The van der Waals surface area contributed by atoms with Crippen LogP contribution < -0.4 is 5.32 Å². The number of ether oxygens (including phenoxy) is 1. The molecule has 2 unspecified atom stereocenters. The van der Waals surface area contributed by atoms with E-state index in [0.29, 0.717) is 11.6 Å². The fraction of sp³-hybridized carbons (Fsp3) is 1.00. The first-order valence-corrected chi connectivity index (χ1v) is 8.16. The van der Waals surface area contributed by atoms with Gasteiger partial charge in [-0.25, -0.2) is 0 Å². The molecular formula is C16H34N2O. The maximum absolute atomic E-state index is 5.22. The number of hydrogen-bond acceptors (Lipinski definition) is 3. The molecule has 1 saturated heterocycles. The van der Waals surface area contributed by atoms with Crippen LogP contribution in [0, 0.1) is 0 Å². The normalized spacial score (nSPS) is 22.1. The van der Waals surface area contributed by atoms with E-state index in [9.17, 15) is 0 Å². The average molecular weight is 270 g/mol. The Balaban J connectivity index is 2.67. The lowest BCUT2D eigenvalue weighted by atomic mass is 9.83. The van der Waals surface area contributed by atoms with Crippen LogP contribution in [-0.2, 0) is 4.74 Å². The minimum atomic E-state index is 0.296. The molecule has 0 aromatic rings. The van der Waals surface area contributed by atoms with Gasteiger partial charge >= 0.3 is 0 Å². The Morgan fingerprint density at radius 1 is 1.21 bits per heavy atom. The minimum absolute atomic E-state index is 0.296. The molecule has 114 valence electrons. The van der Waals surface area contributed by atoms with E-state index in [2.05, 4.69) is 31.0 Å². The van der Waals surface area contributed by atoms with E-state index >= 15 is 0 Å². The SMILES string of the molecule is CCNC(CCCOC)C(C)(CC)N1CCCCC1. The van der Waals surface area contributed by atoms with Crippen LogP contribution in [0.4, 0.5) is 0 Å². The maximum atomic E-state index is 5.22. The van der Waals surface area contributed by atoms with Gasteiger partial charge in [-0.2, -0.15) is 0 Å². The molecule has 0 radical (unpaired) electrons. The van der Waals surface area contributed by atoms with E-state index in [-0.39, 0.29) is 0 Å². The zero-order valence-electron chi connectivity index (χ0n) is 13.5. The molecular weight excluding hydrogens is 236 g/mol. The van der Waals surface area contributed by atoms with Crippen molar-refractivity contribution >= 4 is 0 Å². The molecule has 1 fully saturated rings. The second-order valence-corrected chi connectivity index (χ2v) is 6.00. The summed E-state index contributed by atoms with van der Waals surface area (Å²) in [6.45, 7) is 11.5. The third-order valence-corrected chi connectivity index (χ3v) is 4.84. The van der Waals surface area contributed by atoms with Crippen LogP contribution in [0.2, 0.25) is 0 Å². The molecule has 3 nitrogen and oxygen atoms in total. The van der Waals surface area contributed by atoms with Gasteiger partial charge in [0, 0.05) is 25.3 Å². The van der Waals surface area contributed by atoms with Crippen LogP contribution in [-0.4, -0.2) is 49.8 Å². The quantitative estimate of drug-likeness (QED) is 0.652. The number of likely N-dealkylation sites (tertiary alicyclic amines) is 1. The van der Waals surface area contributed by atoms with Crippen LogP contribution in [0.5, 0.6) is 0 Å². The van der Waals surface area contributed by atoms with Crippen molar-refractivity contribution in [2.75, 3.05) is 33.4 Å². The van der Waals surface area contributed by atoms with Crippen LogP contribution in [0.25, 0.3) is 0 Å². The number of hydrogen-bond donors (Lipinski definition) is 1. The Labute approximate surface area is 120 Å². The predicted molar refractivity (Wildman–Crippen MR) is 82.7 cm³/mol. The summed E-state index contributed by atoms with van der Waals surface area (Å²) < 4.78 is 5.22. The van der Waals surface area contributed by atoms with Crippen LogP contribution in [0.3, 0.4) is 0 Å². The Morgan fingerprint density at radius 3 is 2.42 bits per heavy atom. The molecule has 19 heavy (non-hydrogen) atoms. The molecule has 2 atom stereocenters. The highest BCUT2D eigenvalue weighted by atomic mass is 16.5. The van der Waals surface area contributed by atoms with E-state index in [4.69, 9.17) is 4.74 Å². The van der Waals surface area contributed by atoms with Crippen molar-refractivity contribution in [2.45, 2.75) is 70.9 Å². The zero-order valence-corrected chi connectivity index (χ0v) is 13.5. The molecule has 0 aromatic carbocycles. The van der Waals surface area contributed by atoms with Gasteiger partial charge in [0.2, 0.25) is 0 Å². The van der Waals surface area contributed by atoms with Gasteiger partial charge < -0.3 is 10.1 Å². The van der Waals surface area contributed by atoms with Gasteiger partial charge in [0.15, 0.2) is 0 Å². The largest absolute Gasteiger partial charge is 0.385 e. The van der Waals surface area contributed by atoms with Crippen molar-refractivity contribution in [3.8, 4) is 0 Å². The number of nitrogens with one attached hydrogen (secondary N) is 1. The fourth-order valence-electron chi connectivity index (χ4n) is 3.41. The van der Waals surface area contributed by atoms with E-state index in [1.54, 1.807) is 7.11 Å². The van der Waals surface area contributed by atoms with Crippen molar-refractivity contribution < 1.29 is 4.74 Å². The number of likely N-dealkylation sites (N-methyl/N-ethyl adjacent to an activating group) is 1. The van der Waals surface area contributed by atoms with Crippen molar-refractivity contribution in [1.29, 1.82) is 0 Å². The van der Waals surface area contributed by atoms with Crippen molar-refractivity contribution in [3.63, 3.8) is 0 Å². The fourth-order valence-corrected chi connectivity index (χ4v) is 3.41. The monoisotopic (exact) mass is 270 g/mol. The molecule has 3 heteroatoms. The van der Waals surface area contributed by atoms with E-state index in [0.717, 1.165) is 19.6 Å². The van der Waals surface area contributed by atoms with Crippen LogP contribution >= 0.6 is 0 Å². The topological polar surface area (TPSA) is 24.5 Å². The lowest BCUT2D eigenvalue weighted by Gasteiger charge is -2.48. The molecule has 0 aromatic heterocycles. The zero-order chi connectivity index (χ0) is 14.1. The molecule has 1 heterocycles. The van der Waals surface area contributed by atoms with Gasteiger partial charge in [-0.05, 0) is 58.7 Å².